The van der Waals surface area contributed by atoms with Crippen molar-refractivity contribution in [3.63, 3.8) is 0 Å². The molecule has 0 unspecified atom stereocenters. The van der Waals surface area contributed by atoms with Crippen LogP contribution in [0.3, 0.4) is 0 Å². The number of hydrogen-bond donors (Lipinski definition) is 0. The monoisotopic (exact) mass is 212 g/mol. The van der Waals surface area contributed by atoms with E-state index in [2.05, 4.69) is 48.5 Å². The molecule has 0 saturated heterocycles. The number of rotatable bonds is 1. The van der Waals surface area contributed by atoms with Crippen LogP contribution in [-0.4, -0.2) is 0 Å². The molecule has 2 aromatic rings. The van der Waals surface area contributed by atoms with E-state index in [-0.39, 0.29) is 16.5 Å². The van der Waals surface area contributed by atoms with Crippen molar-refractivity contribution in [2.24, 2.45) is 0 Å². The van der Waals surface area contributed by atoms with Crippen LogP contribution in [0.2, 0.25) is 0 Å². The Hall–Kier alpha value is -1.07. The summed E-state index contributed by atoms with van der Waals surface area (Å²) in [6.07, 6.45) is 0. The standard InChI is InChI=1S/C12H10.Ni/c1-3-7-11(8-4-1)12-9-5-2-6-10-12;/h1-10H;. The summed E-state index contributed by atoms with van der Waals surface area (Å²) in [5.41, 5.74) is 2.55. The van der Waals surface area contributed by atoms with Gasteiger partial charge in [0, 0.05) is 16.5 Å². The molecule has 0 aliphatic rings. The van der Waals surface area contributed by atoms with Crippen LogP contribution < -0.4 is 0 Å². The van der Waals surface area contributed by atoms with Crippen molar-refractivity contribution in [1.82, 2.24) is 0 Å². The molecule has 0 bridgehead atoms. The van der Waals surface area contributed by atoms with E-state index < -0.39 is 0 Å². The molecule has 0 fully saturated rings. The van der Waals surface area contributed by atoms with E-state index in [1.54, 1.807) is 0 Å². The molecule has 1 heteroatoms. The quantitative estimate of drug-likeness (QED) is 0.637. The van der Waals surface area contributed by atoms with Crippen molar-refractivity contribution in [2.45, 2.75) is 0 Å². The summed E-state index contributed by atoms with van der Waals surface area (Å²) in [6, 6.07) is 20.8. The van der Waals surface area contributed by atoms with Gasteiger partial charge in [-0.25, -0.2) is 0 Å². The second kappa shape index (κ2) is 4.84. The van der Waals surface area contributed by atoms with Gasteiger partial charge in [0.05, 0.1) is 0 Å². The zero-order valence-electron chi connectivity index (χ0n) is 7.09. The first-order valence-electron chi connectivity index (χ1n) is 4.07. The Labute approximate surface area is 88.5 Å². The fraction of sp³-hybridized carbons (Fsp3) is 0. The van der Waals surface area contributed by atoms with E-state index in [0.29, 0.717) is 0 Å². The predicted molar refractivity (Wildman–Crippen MR) is 51.9 cm³/mol. The Balaban J connectivity index is 0.000000845. The normalized spacial score (nSPS) is 8.92. The average molecular weight is 213 g/mol. The topological polar surface area (TPSA) is 0 Å². The van der Waals surface area contributed by atoms with E-state index in [0.717, 1.165) is 0 Å². The van der Waals surface area contributed by atoms with Crippen LogP contribution in [0.5, 0.6) is 0 Å². The Kier molecular flexibility index (Phi) is 3.73. The van der Waals surface area contributed by atoms with Crippen LogP contribution in [-0.2, 0) is 16.5 Å². The number of benzene rings is 2. The van der Waals surface area contributed by atoms with Crippen LogP contribution in [0.25, 0.3) is 11.1 Å². The molecule has 0 aliphatic heterocycles. The second-order valence-electron chi connectivity index (χ2n) is 2.73. The Bertz CT molecular complexity index is 303. The summed E-state index contributed by atoms with van der Waals surface area (Å²) in [7, 11) is 0. The molecule has 0 aliphatic carbocycles. The van der Waals surface area contributed by atoms with E-state index in [9.17, 15) is 0 Å². The molecule has 68 valence electrons. The Morgan fingerprint density at radius 2 is 0.769 bits per heavy atom. The predicted octanol–water partition coefficient (Wildman–Crippen LogP) is 3.35. The summed E-state index contributed by atoms with van der Waals surface area (Å²) in [5, 5.41) is 0. The van der Waals surface area contributed by atoms with Crippen molar-refractivity contribution in [3.05, 3.63) is 60.7 Å². The molecule has 13 heavy (non-hydrogen) atoms. The van der Waals surface area contributed by atoms with Gasteiger partial charge in [0.1, 0.15) is 0 Å². The molecule has 0 radical (unpaired) electrons. The number of hydrogen-bond acceptors (Lipinski definition) is 0. The first-order chi connectivity index (χ1) is 5.97. The van der Waals surface area contributed by atoms with Gasteiger partial charge in [0.2, 0.25) is 0 Å². The minimum absolute atomic E-state index is 0. The van der Waals surface area contributed by atoms with E-state index in [4.69, 9.17) is 0 Å². The van der Waals surface area contributed by atoms with Gasteiger partial charge in [-0.3, -0.25) is 0 Å². The zero-order valence-corrected chi connectivity index (χ0v) is 8.08. The van der Waals surface area contributed by atoms with Crippen LogP contribution in [0.1, 0.15) is 0 Å². The van der Waals surface area contributed by atoms with E-state index in [1.165, 1.54) is 11.1 Å². The van der Waals surface area contributed by atoms with Crippen molar-refractivity contribution in [2.75, 3.05) is 0 Å². The second-order valence-corrected chi connectivity index (χ2v) is 2.73. The van der Waals surface area contributed by atoms with Gasteiger partial charge in [-0.2, -0.15) is 0 Å². The van der Waals surface area contributed by atoms with Crippen molar-refractivity contribution in [3.8, 4) is 11.1 Å². The summed E-state index contributed by atoms with van der Waals surface area (Å²) in [5.74, 6) is 0. The zero-order chi connectivity index (χ0) is 8.23. The van der Waals surface area contributed by atoms with E-state index in [1.807, 2.05) is 12.1 Å². The Morgan fingerprint density at radius 1 is 0.462 bits per heavy atom. The van der Waals surface area contributed by atoms with Crippen LogP contribution in [0, 0.1) is 0 Å². The fourth-order valence-electron chi connectivity index (χ4n) is 1.26. The van der Waals surface area contributed by atoms with Gasteiger partial charge < -0.3 is 0 Å². The first kappa shape index (κ1) is 10.0. The largest absolute Gasteiger partial charge is 0.0622 e. The third kappa shape index (κ3) is 2.43. The van der Waals surface area contributed by atoms with Crippen molar-refractivity contribution < 1.29 is 16.5 Å². The average Bonchev–Trinajstić information content (AvgIpc) is 2.21. The molecule has 0 spiro atoms. The summed E-state index contributed by atoms with van der Waals surface area (Å²) < 4.78 is 0. The molecule has 2 rings (SSSR count). The molecule has 0 aromatic heterocycles. The summed E-state index contributed by atoms with van der Waals surface area (Å²) >= 11 is 0. The van der Waals surface area contributed by atoms with Crippen LogP contribution in [0.4, 0.5) is 0 Å². The van der Waals surface area contributed by atoms with Gasteiger partial charge in [0.15, 0.2) is 0 Å². The maximum absolute atomic E-state index is 2.12. The van der Waals surface area contributed by atoms with Crippen molar-refractivity contribution in [1.29, 1.82) is 0 Å². The maximum atomic E-state index is 2.12. The third-order valence-corrected chi connectivity index (χ3v) is 1.88. The van der Waals surface area contributed by atoms with Crippen LogP contribution >= 0.6 is 0 Å². The third-order valence-electron chi connectivity index (χ3n) is 1.88. The van der Waals surface area contributed by atoms with Gasteiger partial charge in [-0.05, 0) is 11.1 Å². The van der Waals surface area contributed by atoms with Crippen molar-refractivity contribution >= 4 is 0 Å². The smallest absolute Gasteiger partial charge is 0 e. The first-order valence-corrected chi connectivity index (χ1v) is 4.07. The molecule has 0 atom stereocenters. The molecule has 0 amide bonds. The van der Waals surface area contributed by atoms with Gasteiger partial charge in [0.25, 0.3) is 0 Å². The minimum Gasteiger partial charge on any atom is -0.0622 e. The molecule has 0 N–H and O–H groups in total. The molecule has 0 saturated carbocycles. The van der Waals surface area contributed by atoms with Gasteiger partial charge in [-0.1, -0.05) is 60.7 Å². The molecular weight excluding hydrogens is 203 g/mol. The SMILES string of the molecule is [Ni].c1ccc(-c2ccccc2)cc1. The summed E-state index contributed by atoms with van der Waals surface area (Å²) in [4.78, 5) is 0. The van der Waals surface area contributed by atoms with E-state index >= 15 is 0 Å². The molecule has 0 heterocycles. The Morgan fingerprint density at radius 3 is 1.08 bits per heavy atom. The molecular formula is C12H10Ni. The fourth-order valence-corrected chi connectivity index (χ4v) is 1.26. The summed E-state index contributed by atoms with van der Waals surface area (Å²) in [6.45, 7) is 0. The van der Waals surface area contributed by atoms with Crippen LogP contribution in [0.15, 0.2) is 60.7 Å². The minimum atomic E-state index is 0. The van der Waals surface area contributed by atoms with Gasteiger partial charge in [-0.15, -0.1) is 0 Å². The maximum Gasteiger partial charge on any atom is 0 e. The molecule has 0 nitrogen and oxygen atoms in total. The molecule has 2 aromatic carbocycles. The van der Waals surface area contributed by atoms with Gasteiger partial charge >= 0.3 is 0 Å².